The van der Waals surface area contributed by atoms with Gasteiger partial charge in [0.25, 0.3) is 5.91 Å². The summed E-state index contributed by atoms with van der Waals surface area (Å²) in [5.41, 5.74) is -4.77. The van der Waals surface area contributed by atoms with Crippen molar-refractivity contribution in [2.75, 3.05) is 45.5 Å². The highest BCUT2D eigenvalue weighted by molar-refractivity contribution is 8.13. The SMILES string of the molecule is CC(C)CC(=O)SCCOP(=O)(OCOC(=O)O[C@H]1CCOC1)C(F)(F)c1ccc2sc(C(=O)N[C@H]3CCCC[C@H]4CC[C@@H](C(=O)N5C[C@H](c6cc[nH]c(=O)c6)[C@@H](C#N)C5)N4C3=O)cc2c1. The molecule has 7 rings (SSSR count). The zero-order valence-corrected chi connectivity index (χ0v) is 39.0. The molecule has 2 N–H and O–H groups in total. The number of carbonyl (C=O) groups is 5. The van der Waals surface area contributed by atoms with Crippen molar-refractivity contribution in [3.05, 3.63) is 69.0 Å². The smallest absolute Gasteiger partial charge is 0.428 e. The molecule has 7 atom stereocenters. The minimum Gasteiger partial charge on any atom is -0.428 e. The first-order valence-corrected chi connectivity index (χ1v) is 25.3. The highest BCUT2D eigenvalue weighted by atomic mass is 32.2. The number of alkyl halides is 2. The number of aromatic nitrogens is 1. The molecule has 4 fully saturated rings. The number of hydrogen-bond acceptors (Lipinski definition) is 15. The van der Waals surface area contributed by atoms with Gasteiger partial charge in [-0.25, -0.2) is 4.79 Å². The Kier molecular flexibility index (Phi) is 16.0. The fourth-order valence-corrected chi connectivity index (χ4v) is 12.1. The van der Waals surface area contributed by atoms with Crippen molar-refractivity contribution in [1.82, 2.24) is 20.1 Å². The number of H-pyrrole nitrogens is 1. The van der Waals surface area contributed by atoms with Crippen molar-refractivity contribution in [2.24, 2.45) is 11.8 Å². The molecule has 4 saturated heterocycles. The van der Waals surface area contributed by atoms with Gasteiger partial charge in [0, 0.05) is 66.2 Å². The third-order valence-corrected chi connectivity index (χ3v) is 16.0. The molecule has 4 aliphatic rings. The first kappa shape index (κ1) is 49.2. The standard InChI is InChI=1S/C44H52F2N5O12PS2/c1-26(2)17-39(53)65-16-15-61-64(58,62-25-60-43(57)63-32-12-14-59-24-32)44(45,46)30-7-10-36-28(18-30)19-37(66-36)40(54)49-34-6-4-3-5-31-8-9-35(51(31)41(34)55)42(56)50-22-29(21-47)33(23-50)27-11-13-48-38(52)20-27/h7,10-11,13,18-20,26,29,31-35H,3-6,8-9,12,14-17,22-25H2,1-2H3,(H,48,52)(H,49,54)/t29-,31-,32-,33+,34-,35-,64?/m0/s1. The van der Waals surface area contributed by atoms with E-state index in [4.69, 9.17) is 23.3 Å². The van der Waals surface area contributed by atoms with Crippen LogP contribution in [0.5, 0.6) is 0 Å². The van der Waals surface area contributed by atoms with Crippen LogP contribution in [0, 0.1) is 23.2 Å². The molecule has 3 amide bonds. The number of aromatic amines is 1. The summed E-state index contributed by atoms with van der Waals surface area (Å²) >= 11 is 1.82. The molecular weight excluding hydrogens is 924 g/mol. The van der Waals surface area contributed by atoms with Gasteiger partial charge in [-0.1, -0.05) is 44.5 Å². The maximum atomic E-state index is 16.4. The van der Waals surface area contributed by atoms with Crippen molar-refractivity contribution >= 4 is 69.8 Å². The Balaban J connectivity index is 1.04. The summed E-state index contributed by atoms with van der Waals surface area (Å²) in [4.78, 5) is 84.7. The van der Waals surface area contributed by atoms with Crippen LogP contribution >= 0.6 is 30.7 Å². The number of benzene rings is 1. The highest BCUT2D eigenvalue weighted by Crippen LogP contribution is 2.67. The number of fused-ring (bicyclic) bond motifs is 2. The number of nitrogens with one attached hydrogen (secondary N) is 2. The van der Waals surface area contributed by atoms with Crippen molar-refractivity contribution in [3.63, 3.8) is 0 Å². The van der Waals surface area contributed by atoms with Gasteiger partial charge in [-0.3, -0.25) is 33.1 Å². The molecular formula is C44H52F2N5O12PS2. The number of thiophene rings is 1. The lowest BCUT2D eigenvalue weighted by atomic mass is 9.91. The van der Waals surface area contributed by atoms with Gasteiger partial charge in [0.15, 0.2) is 5.12 Å². The quantitative estimate of drug-likeness (QED) is 0.0647. The van der Waals surface area contributed by atoms with Crippen LogP contribution in [0.3, 0.4) is 0 Å². The van der Waals surface area contributed by atoms with Gasteiger partial charge < -0.3 is 38.8 Å². The summed E-state index contributed by atoms with van der Waals surface area (Å²) in [6.07, 6.45) is 3.69. The van der Waals surface area contributed by atoms with E-state index in [-0.39, 0.29) is 76.6 Å². The van der Waals surface area contributed by atoms with Gasteiger partial charge in [-0.15, -0.1) is 11.3 Å². The van der Waals surface area contributed by atoms with Gasteiger partial charge in [0.1, 0.15) is 18.2 Å². The summed E-state index contributed by atoms with van der Waals surface area (Å²) in [5.74, 6) is -2.29. The van der Waals surface area contributed by atoms with E-state index in [2.05, 4.69) is 16.4 Å². The van der Waals surface area contributed by atoms with Crippen molar-refractivity contribution in [2.45, 2.75) is 101 Å². The van der Waals surface area contributed by atoms with E-state index in [1.54, 1.807) is 15.9 Å². The lowest BCUT2D eigenvalue weighted by Gasteiger charge is -2.36. The fourth-order valence-electron chi connectivity index (χ4n) is 8.82. The number of ether oxygens (including phenoxy) is 3. The number of nitrogens with zero attached hydrogens (tertiary/aromatic N) is 3. The molecule has 3 aromatic rings. The number of halogens is 2. The lowest BCUT2D eigenvalue weighted by Crippen LogP contribution is -2.56. The highest BCUT2D eigenvalue weighted by Gasteiger charge is 2.56. The third-order valence-electron chi connectivity index (χ3n) is 12.1. The predicted octanol–water partition coefficient (Wildman–Crippen LogP) is 6.87. The van der Waals surface area contributed by atoms with Crippen LogP contribution in [0.15, 0.2) is 47.4 Å². The van der Waals surface area contributed by atoms with E-state index < -0.39 is 74.3 Å². The summed E-state index contributed by atoms with van der Waals surface area (Å²) in [5, 5.41) is 12.8. The summed E-state index contributed by atoms with van der Waals surface area (Å²) in [6, 6.07) is 8.15. The molecule has 0 aliphatic carbocycles. The summed E-state index contributed by atoms with van der Waals surface area (Å²) < 4.78 is 72.5. The zero-order valence-electron chi connectivity index (χ0n) is 36.4. The number of rotatable bonds is 16. The van der Waals surface area contributed by atoms with E-state index in [0.29, 0.717) is 55.4 Å². The molecule has 0 saturated carbocycles. The van der Waals surface area contributed by atoms with Gasteiger partial charge >= 0.3 is 19.4 Å². The number of carbonyl (C=O) groups excluding carboxylic acids is 5. The van der Waals surface area contributed by atoms with Crippen LogP contribution in [-0.2, 0) is 47.9 Å². The molecule has 17 nitrogen and oxygen atoms in total. The van der Waals surface area contributed by atoms with Crippen LogP contribution in [0.1, 0.15) is 91.9 Å². The largest absolute Gasteiger partial charge is 0.510 e. The second-order valence-electron chi connectivity index (χ2n) is 17.2. The maximum absolute atomic E-state index is 16.4. The van der Waals surface area contributed by atoms with Gasteiger partial charge in [-0.2, -0.15) is 14.0 Å². The number of hydrogen-bond donors (Lipinski definition) is 2. The minimum atomic E-state index is -5.49. The molecule has 2 aromatic heterocycles. The molecule has 0 radical (unpaired) electrons. The van der Waals surface area contributed by atoms with Crippen LogP contribution < -0.4 is 10.9 Å². The number of thioether (sulfide) groups is 1. The Bertz CT molecular complexity index is 2440. The number of amides is 3. The van der Waals surface area contributed by atoms with Crippen LogP contribution in [0.4, 0.5) is 13.6 Å². The lowest BCUT2D eigenvalue weighted by molar-refractivity contribution is -0.146. The maximum Gasteiger partial charge on any atom is 0.510 e. The first-order chi connectivity index (χ1) is 31.6. The van der Waals surface area contributed by atoms with E-state index in [1.165, 1.54) is 24.4 Å². The van der Waals surface area contributed by atoms with E-state index >= 15 is 8.78 Å². The number of likely N-dealkylation sites (tertiary alicyclic amines) is 1. The fraction of sp³-hybridized carbons (Fsp3) is 0.568. The Hall–Kier alpha value is -4.71. The number of pyridine rings is 1. The second kappa shape index (κ2) is 21.5. The van der Waals surface area contributed by atoms with E-state index in [9.17, 15) is 38.6 Å². The molecule has 22 heteroatoms. The number of nitriles is 1. The van der Waals surface area contributed by atoms with Crippen LogP contribution in [0.2, 0.25) is 0 Å². The minimum absolute atomic E-state index is 0.0642. The first-order valence-electron chi connectivity index (χ1n) is 21.9. The summed E-state index contributed by atoms with van der Waals surface area (Å²) in [6.45, 7) is 2.78. The molecule has 1 aromatic carbocycles. The predicted molar refractivity (Wildman–Crippen MR) is 238 cm³/mol. The molecule has 4 aliphatic heterocycles. The van der Waals surface area contributed by atoms with Gasteiger partial charge in [-0.05, 0) is 66.8 Å². The van der Waals surface area contributed by atoms with Gasteiger partial charge in [0.2, 0.25) is 24.2 Å². The molecule has 0 spiro atoms. The van der Waals surface area contributed by atoms with Crippen LogP contribution in [-0.4, -0.2) is 113 Å². The Morgan fingerprint density at radius 1 is 1.06 bits per heavy atom. The monoisotopic (exact) mass is 975 g/mol. The average Bonchev–Trinajstić information content (AvgIpc) is 4.11. The summed E-state index contributed by atoms with van der Waals surface area (Å²) in [7, 11) is -5.49. The van der Waals surface area contributed by atoms with E-state index in [1.807, 2.05) is 13.8 Å². The molecule has 66 heavy (non-hydrogen) atoms. The van der Waals surface area contributed by atoms with Crippen LogP contribution in [0.25, 0.3) is 10.1 Å². The Morgan fingerprint density at radius 3 is 2.61 bits per heavy atom. The molecule has 1 unspecified atom stereocenters. The molecule has 0 bridgehead atoms. The average molecular weight is 976 g/mol. The third kappa shape index (κ3) is 11.3. The Labute approximate surface area is 387 Å². The second-order valence-corrected chi connectivity index (χ2v) is 21.5. The van der Waals surface area contributed by atoms with Crippen molar-refractivity contribution < 1.29 is 60.6 Å². The molecule has 356 valence electrons. The van der Waals surface area contributed by atoms with Crippen molar-refractivity contribution in [3.8, 4) is 6.07 Å². The molecule has 6 heterocycles. The normalized spacial score (nSPS) is 24.3. The zero-order chi connectivity index (χ0) is 47.2. The van der Waals surface area contributed by atoms with E-state index in [0.717, 1.165) is 41.7 Å². The Morgan fingerprint density at radius 2 is 1.86 bits per heavy atom. The van der Waals surface area contributed by atoms with Crippen molar-refractivity contribution in [1.29, 1.82) is 5.26 Å². The topological polar surface area (TPSA) is 224 Å². The van der Waals surface area contributed by atoms with Gasteiger partial charge in [0.05, 0.1) is 36.7 Å².